The van der Waals surface area contributed by atoms with Gasteiger partial charge in [-0.15, -0.1) is 0 Å². The van der Waals surface area contributed by atoms with E-state index < -0.39 is 0 Å². The van der Waals surface area contributed by atoms with E-state index in [0.29, 0.717) is 0 Å². The summed E-state index contributed by atoms with van der Waals surface area (Å²) in [5.41, 5.74) is 16.8. The van der Waals surface area contributed by atoms with Gasteiger partial charge in [0.05, 0.1) is 14.2 Å². The summed E-state index contributed by atoms with van der Waals surface area (Å²) in [5, 5.41) is 0. The van der Waals surface area contributed by atoms with Crippen LogP contribution in [0.25, 0.3) is 22.3 Å². The highest BCUT2D eigenvalue weighted by atomic mass is 16.5. The Morgan fingerprint density at radius 3 is 1.45 bits per heavy atom. The lowest BCUT2D eigenvalue weighted by molar-refractivity contribution is 0.228. The van der Waals surface area contributed by atoms with Crippen molar-refractivity contribution in [3.05, 3.63) is 105 Å². The largest absolute Gasteiger partial charge is 0.496 e. The summed E-state index contributed by atoms with van der Waals surface area (Å²) in [4.78, 5) is 0. The molecule has 190 valence electrons. The van der Waals surface area contributed by atoms with Crippen molar-refractivity contribution in [1.82, 2.24) is 0 Å². The van der Waals surface area contributed by atoms with E-state index >= 15 is 0 Å². The van der Waals surface area contributed by atoms with Gasteiger partial charge >= 0.3 is 0 Å². The van der Waals surface area contributed by atoms with Crippen molar-refractivity contribution in [2.24, 2.45) is 0 Å². The van der Waals surface area contributed by atoms with Gasteiger partial charge in [0.25, 0.3) is 0 Å². The molecule has 0 aliphatic heterocycles. The van der Waals surface area contributed by atoms with Crippen molar-refractivity contribution in [3.8, 4) is 33.8 Å². The van der Waals surface area contributed by atoms with E-state index in [1.54, 1.807) is 0 Å². The third-order valence-electron chi connectivity index (χ3n) is 10.3. The monoisotopic (exact) mass is 498 g/mol. The zero-order valence-corrected chi connectivity index (χ0v) is 22.8. The number of ether oxygens (including phenoxy) is 2. The molecule has 0 saturated carbocycles. The predicted molar refractivity (Wildman–Crippen MR) is 154 cm³/mol. The topological polar surface area (TPSA) is 18.5 Å². The minimum atomic E-state index is -0.138. The first-order chi connectivity index (χ1) is 18.5. The van der Waals surface area contributed by atoms with Crippen molar-refractivity contribution in [2.45, 2.75) is 63.2 Å². The van der Waals surface area contributed by atoms with Crippen LogP contribution in [0.2, 0.25) is 0 Å². The average molecular weight is 499 g/mol. The van der Waals surface area contributed by atoms with Gasteiger partial charge in [-0.05, 0) is 109 Å². The molecule has 0 unspecified atom stereocenters. The van der Waals surface area contributed by atoms with Crippen molar-refractivity contribution >= 4 is 0 Å². The second kappa shape index (κ2) is 7.53. The van der Waals surface area contributed by atoms with Gasteiger partial charge in [0.1, 0.15) is 11.5 Å². The normalized spacial score (nSPS) is 23.4. The van der Waals surface area contributed by atoms with Crippen LogP contribution in [0.1, 0.15) is 70.2 Å². The minimum absolute atomic E-state index is 0.138. The van der Waals surface area contributed by atoms with Crippen LogP contribution in [0.15, 0.2) is 60.7 Å². The van der Waals surface area contributed by atoms with Crippen LogP contribution in [-0.4, -0.2) is 14.2 Å². The number of methoxy groups -OCH3 is 2. The molecule has 2 atom stereocenters. The molecule has 0 aromatic heterocycles. The molecule has 4 aliphatic rings. The molecule has 38 heavy (non-hydrogen) atoms. The molecule has 8 rings (SSSR count). The molecule has 4 aromatic rings. The Balaban J connectivity index is 1.68. The number of benzene rings is 4. The van der Waals surface area contributed by atoms with Crippen LogP contribution in [0.4, 0.5) is 0 Å². The van der Waals surface area contributed by atoms with E-state index in [0.717, 1.165) is 37.2 Å². The highest BCUT2D eigenvalue weighted by molar-refractivity contribution is 5.94. The van der Waals surface area contributed by atoms with Gasteiger partial charge in [0.15, 0.2) is 0 Å². The Morgan fingerprint density at radius 2 is 1.03 bits per heavy atom. The summed E-state index contributed by atoms with van der Waals surface area (Å²) in [6.07, 6.45) is 6.96. The molecule has 2 spiro atoms. The summed E-state index contributed by atoms with van der Waals surface area (Å²) in [5.74, 6) is 2.01. The Hall–Kier alpha value is -3.52. The molecule has 0 fully saturated rings. The standard InChI is InChI=1S/C36H34O2/c1-21-9-13-25-27(19-21)35-17-5-7-23-11-16-30(38-4)32(33(23)35)26-14-10-22(2)20-28(26)36(35)18-6-8-24-12-15-29(37-3)31(25)34(24)36/h9-16,19-20H,5-8,17-18H2,1-4H3/t35-,36-/m0/s1. The molecule has 0 amide bonds. The summed E-state index contributed by atoms with van der Waals surface area (Å²) in [6.45, 7) is 4.51. The third-order valence-corrected chi connectivity index (χ3v) is 10.3. The van der Waals surface area contributed by atoms with Crippen molar-refractivity contribution < 1.29 is 9.47 Å². The Bertz CT molecular complexity index is 1550. The fraction of sp³-hybridized carbons (Fsp3) is 0.333. The number of rotatable bonds is 2. The smallest absolute Gasteiger partial charge is 0.127 e. The number of hydrogen-bond donors (Lipinski definition) is 0. The van der Waals surface area contributed by atoms with Crippen LogP contribution in [0.5, 0.6) is 11.5 Å². The Labute approximate surface area is 225 Å². The predicted octanol–water partition coefficient (Wildman–Crippen LogP) is 8.23. The van der Waals surface area contributed by atoms with Gasteiger partial charge in [-0.25, -0.2) is 0 Å². The van der Waals surface area contributed by atoms with Crippen LogP contribution in [-0.2, 0) is 23.7 Å². The van der Waals surface area contributed by atoms with Gasteiger partial charge in [-0.2, -0.15) is 0 Å². The maximum atomic E-state index is 6.15. The Morgan fingerprint density at radius 1 is 0.579 bits per heavy atom. The number of aryl methyl sites for hydroxylation is 4. The molecule has 0 heterocycles. The second-order valence-corrected chi connectivity index (χ2v) is 12.0. The summed E-state index contributed by atoms with van der Waals surface area (Å²) in [6, 6.07) is 23.6. The SMILES string of the molecule is COc1ccc2c3c1-c1ccc(C)cc1[C@@]14CCCc5ccc(OC)c(c51)-c1ccc(C)cc1[C@@]34CCC2. The number of hydrogen-bond acceptors (Lipinski definition) is 2. The lowest BCUT2D eigenvalue weighted by Crippen LogP contribution is -2.58. The fourth-order valence-electron chi connectivity index (χ4n) is 9.17. The first-order valence-corrected chi connectivity index (χ1v) is 14.2. The van der Waals surface area contributed by atoms with Crippen molar-refractivity contribution in [1.29, 1.82) is 0 Å². The maximum absolute atomic E-state index is 6.15. The van der Waals surface area contributed by atoms with E-state index in [1.807, 2.05) is 14.2 Å². The minimum Gasteiger partial charge on any atom is -0.496 e. The molecule has 2 nitrogen and oxygen atoms in total. The first kappa shape index (κ1) is 22.5. The summed E-state index contributed by atoms with van der Waals surface area (Å²) in [7, 11) is 3.67. The van der Waals surface area contributed by atoms with Crippen LogP contribution < -0.4 is 9.47 Å². The Kier molecular flexibility index (Phi) is 4.45. The quantitative estimate of drug-likeness (QED) is 0.277. The molecular weight excluding hydrogens is 464 g/mol. The molecular formula is C36H34O2. The highest BCUT2D eigenvalue weighted by Gasteiger charge is 2.65. The van der Waals surface area contributed by atoms with E-state index in [9.17, 15) is 0 Å². The number of fused-ring (bicyclic) bond motifs is 4. The first-order valence-electron chi connectivity index (χ1n) is 14.2. The molecule has 4 aromatic carbocycles. The lowest BCUT2D eigenvalue weighted by Gasteiger charge is -2.63. The third kappa shape index (κ3) is 2.41. The van der Waals surface area contributed by atoms with E-state index in [-0.39, 0.29) is 10.8 Å². The molecule has 2 heteroatoms. The van der Waals surface area contributed by atoms with E-state index in [4.69, 9.17) is 9.47 Å². The zero-order chi connectivity index (χ0) is 25.8. The second-order valence-electron chi connectivity index (χ2n) is 12.0. The summed E-state index contributed by atoms with van der Waals surface area (Å²) < 4.78 is 12.3. The lowest BCUT2D eigenvalue weighted by atomic mass is 9.39. The molecule has 4 aliphatic carbocycles. The highest BCUT2D eigenvalue weighted by Crippen LogP contribution is 2.72. The summed E-state index contributed by atoms with van der Waals surface area (Å²) >= 11 is 0. The van der Waals surface area contributed by atoms with Gasteiger partial charge in [-0.3, -0.25) is 0 Å². The molecule has 0 bridgehead atoms. The zero-order valence-electron chi connectivity index (χ0n) is 22.8. The van der Waals surface area contributed by atoms with Gasteiger partial charge in [0, 0.05) is 22.0 Å². The van der Waals surface area contributed by atoms with E-state index in [1.165, 1.54) is 79.6 Å². The van der Waals surface area contributed by atoms with E-state index in [2.05, 4.69) is 74.5 Å². The van der Waals surface area contributed by atoms with Gasteiger partial charge in [0.2, 0.25) is 0 Å². The van der Waals surface area contributed by atoms with Crippen LogP contribution in [0.3, 0.4) is 0 Å². The van der Waals surface area contributed by atoms with Gasteiger partial charge in [-0.1, -0.05) is 59.7 Å². The molecule has 0 radical (unpaired) electrons. The van der Waals surface area contributed by atoms with Crippen molar-refractivity contribution in [3.63, 3.8) is 0 Å². The molecule has 0 saturated heterocycles. The fourth-order valence-corrected chi connectivity index (χ4v) is 9.17. The molecule has 0 N–H and O–H groups in total. The van der Waals surface area contributed by atoms with Gasteiger partial charge < -0.3 is 9.47 Å². The van der Waals surface area contributed by atoms with Crippen molar-refractivity contribution in [2.75, 3.05) is 14.2 Å². The maximum Gasteiger partial charge on any atom is 0.127 e. The van der Waals surface area contributed by atoms with Crippen LogP contribution in [0, 0.1) is 13.8 Å². The average Bonchev–Trinajstić information content (AvgIpc) is 2.94. The van der Waals surface area contributed by atoms with Crippen LogP contribution >= 0.6 is 0 Å².